The van der Waals surface area contributed by atoms with Crippen LogP contribution < -0.4 is 0 Å². The van der Waals surface area contributed by atoms with Crippen LogP contribution in [0.4, 0.5) is 0 Å². The highest BCUT2D eigenvalue weighted by Crippen LogP contribution is 2.31. The van der Waals surface area contributed by atoms with Crippen molar-refractivity contribution < 1.29 is 5.11 Å². The van der Waals surface area contributed by atoms with Gasteiger partial charge in [0.15, 0.2) is 4.34 Å². The number of hydrogen-bond acceptors (Lipinski definition) is 4. The van der Waals surface area contributed by atoms with Gasteiger partial charge < -0.3 is 5.11 Å². The quantitative estimate of drug-likeness (QED) is 0.863. The van der Waals surface area contributed by atoms with Gasteiger partial charge in [0.2, 0.25) is 0 Å². The van der Waals surface area contributed by atoms with E-state index in [2.05, 4.69) is 17.1 Å². The lowest BCUT2D eigenvalue weighted by Gasteiger charge is -1.97. The standard InChI is InChI=1S/C11H10ClNOS2/c12-10-9(6-14)16-11(13-10)15-7-8-4-2-1-3-5-8/h1-5,14H,6-7H2. The Morgan fingerprint density at radius 1 is 1.31 bits per heavy atom. The van der Waals surface area contributed by atoms with E-state index in [1.807, 2.05) is 18.2 Å². The van der Waals surface area contributed by atoms with E-state index in [-0.39, 0.29) is 6.61 Å². The molecule has 0 unspecified atom stereocenters. The molecule has 0 aliphatic carbocycles. The molecule has 1 aromatic heterocycles. The second-order valence-electron chi connectivity index (χ2n) is 3.13. The van der Waals surface area contributed by atoms with Crippen molar-refractivity contribution in [3.05, 3.63) is 45.9 Å². The monoisotopic (exact) mass is 271 g/mol. The molecule has 0 saturated heterocycles. The van der Waals surface area contributed by atoms with E-state index in [0.29, 0.717) is 5.15 Å². The van der Waals surface area contributed by atoms with Gasteiger partial charge in [-0.1, -0.05) is 53.7 Å². The molecule has 0 atom stereocenters. The SMILES string of the molecule is OCc1sc(SCc2ccccc2)nc1Cl. The summed E-state index contributed by atoms with van der Waals surface area (Å²) in [7, 11) is 0. The summed E-state index contributed by atoms with van der Waals surface area (Å²) in [5.41, 5.74) is 1.25. The molecule has 0 saturated carbocycles. The zero-order valence-electron chi connectivity index (χ0n) is 8.39. The molecule has 84 valence electrons. The molecule has 0 spiro atoms. The van der Waals surface area contributed by atoms with Crippen LogP contribution in [0.15, 0.2) is 34.7 Å². The Morgan fingerprint density at radius 2 is 2.06 bits per heavy atom. The molecule has 0 aliphatic rings. The Kier molecular flexibility index (Phi) is 4.23. The largest absolute Gasteiger partial charge is 0.391 e. The molecule has 5 heteroatoms. The molecule has 1 N–H and O–H groups in total. The number of nitrogens with zero attached hydrogens (tertiary/aromatic N) is 1. The van der Waals surface area contributed by atoms with Crippen molar-refractivity contribution in [2.75, 3.05) is 0 Å². The first kappa shape index (κ1) is 11.9. The number of benzene rings is 1. The van der Waals surface area contributed by atoms with Crippen LogP contribution in [-0.4, -0.2) is 10.1 Å². The van der Waals surface area contributed by atoms with Crippen LogP contribution in [-0.2, 0) is 12.4 Å². The molecular formula is C11H10ClNOS2. The number of halogens is 1. The molecule has 0 bridgehead atoms. The van der Waals surface area contributed by atoms with Crippen molar-refractivity contribution >= 4 is 34.7 Å². The van der Waals surface area contributed by atoms with Gasteiger partial charge in [0.05, 0.1) is 11.5 Å². The van der Waals surface area contributed by atoms with Gasteiger partial charge in [-0.05, 0) is 5.56 Å². The predicted octanol–water partition coefficient (Wildman–Crippen LogP) is 3.58. The number of aromatic nitrogens is 1. The lowest BCUT2D eigenvalue weighted by atomic mass is 10.2. The number of aliphatic hydroxyl groups is 1. The van der Waals surface area contributed by atoms with E-state index in [1.54, 1.807) is 11.8 Å². The van der Waals surface area contributed by atoms with Crippen molar-refractivity contribution in [1.29, 1.82) is 0 Å². The van der Waals surface area contributed by atoms with E-state index in [1.165, 1.54) is 16.9 Å². The van der Waals surface area contributed by atoms with Gasteiger partial charge in [-0.2, -0.15) is 0 Å². The molecule has 1 aromatic carbocycles. The topological polar surface area (TPSA) is 33.1 Å². The number of rotatable bonds is 4. The molecule has 1 heterocycles. The molecule has 2 aromatic rings. The summed E-state index contributed by atoms with van der Waals surface area (Å²) in [4.78, 5) is 4.92. The van der Waals surface area contributed by atoms with Gasteiger partial charge in [0.25, 0.3) is 0 Å². The molecule has 2 nitrogen and oxygen atoms in total. The second-order valence-corrected chi connectivity index (χ2v) is 5.79. The average molecular weight is 272 g/mol. The molecule has 0 aliphatic heterocycles. The highest BCUT2D eigenvalue weighted by molar-refractivity contribution is 8.00. The number of thioether (sulfide) groups is 1. The summed E-state index contributed by atoms with van der Waals surface area (Å²) >= 11 is 8.94. The van der Waals surface area contributed by atoms with Crippen LogP contribution in [0, 0.1) is 0 Å². The van der Waals surface area contributed by atoms with Crippen molar-refractivity contribution in [2.45, 2.75) is 16.7 Å². The summed E-state index contributed by atoms with van der Waals surface area (Å²) < 4.78 is 0.901. The lowest BCUT2D eigenvalue weighted by Crippen LogP contribution is -1.78. The summed E-state index contributed by atoms with van der Waals surface area (Å²) in [6.07, 6.45) is 0. The third-order valence-corrected chi connectivity index (χ3v) is 4.66. The van der Waals surface area contributed by atoms with Crippen LogP contribution in [0.25, 0.3) is 0 Å². The third-order valence-electron chi connectivity index (χ3n) is 1.98. The minimum absolute atomic E-state index is 0.0393. The smallest absolute Gasteiger partial charge is 0.152 e. The van der Waals surface area contributed by atoms with E-state index < -0.39 is 0 Å². The zero-order chi connectivity index (χ0) is 11.4. The maximum absolute atomic E-state index is 8.99. The number of thiazole rings is 1. The fraction of sp³-hybridized carbons (Fsp3) is 0.182. The van der Waals surface area contributed by atoms with Crippen LogP contribution in [0.1, 0.15) is 10.4 Å². The second kappa shape index (κ2) is 5.68. The van der Waals surface area contributed by atoms with Gasteiger partial charge in [-0.3, -0.25) is 0 Å². The van der Waals surface area contributed by atoms with Gasteiger partial charge in [-0.15, -0.1) is 11.3 Å². The van der Waals surface area contributed by atoms with Crippen molar-refractivity contribution in [3.8, 4) is 0 Å². The summed E-state index contributed by atoms with van der Waals surface area (Å²) in [5, 5.41) is 9.41. The Hall–Kier alpha value is -0.550. The summed E-state index contributed by atoms with van der Waals surface area (Å²) in [5.74, 6) is 0.871. The zero-order valence-corrected chi connectivity index (χ0v) is 10.8. The van der Waals surface area contributed by atoms with Crippen molar-refractivity contribution in [1.82, 2.24) is 4.98 Å². The van der Waals surface area contributed by atoms with Crippen molar-refractivity contribution in [3.63, 3.8) is 0 Å². The first-order valence-electron chi connectivity index (χ1n) is 4.72. The average Bonchev–Trinajstić information content (AvgIpc) is 2.69. The Balaban J connectivity index is 2.00. The Morgan fingerprint density at radius 3 is 2.69 bits per heavy atom. The molecule has 0 amide bonds. The highest BCUT2D eigenvalue weighted by atomic mass is 35.5. The molecule has 16 heavy (non-hydrogen) atoms. The number of aliphatic hydroxyl groups excluding tert-OH is 1. The van der Waals surface area contributed by atoms with Gasteiger partial charge in [0, 0.05) is 5.75 Å². The summed E-state index contributed by atoms with van der Waals surface area (Å²) in [6.45, 7) is -0.0393. The first-order valence-corrected chi connectivity index (χ1v) is 6.90. The lowest BCUT2D eigenvalue weighted by molar-refractivity contribution is 0.285. The predicted molar refractivity (Wildman–Crippen MR) is 69.0 cm³/mol. The molecule has 0 fully saturated rings. The molecule has 0 radical (unpaired) electrons. The first-order chi connectivity index (χ1) is 7.79. The highest BCUT2D eigenvalue weighted by Gasteiger charge is 2.08. The minimum atomic E-state index is -0.0393. The normalized spacial score (nSPS) is 10.6. The number of hydrogen-bond donors (Lipinski definition) is 1. The van der Waals surface area contributed by atoms with Gasteiger partial charge in [-0.25, -0.2) is 4.98 Å². The van der Waals surface area contributed by atoms with Gasteiger partial charge >= 0.3 is 0 Å². The fourth-order valence-electron chi connectivity index (χ4n) is 1.19. The Bertz CT molecular complexity index is 458. The van der Waals surface area contributed by atoms with E-state index in [4.69, 9.17) is 16.7 Å². The van der Waals surface area contributed by atoms with Crippen LogP contribution in [0.2, 0.25) is 5.15 Å². The Labute approximate surface area is 107 Å². The van der Waals surface area contributed by atoms with Crippen molar-refractivity contribution in [2.24, 2.45) is 0 Å². The fourth-order valence-corrected chi connectivity index (χ4v) is 3.45. The van der Waals surface area contributed by atoms with E-state index >= 15 is 0 Å². The molecule has 2 rings (SSSR count). The van der Waals surface area contributed by atoms with Crippen LogP contribution >= 0.6 is 34.7 Å². The third kappa shape index (κ3) is 2.98. The summed E-state index contributed by atoms with van der Waals surface area (Å²) in [6, 6.07) is 10.2. The maximum atomic E-state index is 8.99. The van der Waals surface area contributed by atoms with E-state index in [9.17, 15) is 0 Å². The maximum Gasteiger partial charge on any atom is 0.152 e. The van der Waals surface area contributed by atoms with Gasteiger partial charge in [0.1, 0.15) is 5.15 Å². The van der Waals surface area contributed by atoms with Crippen LogP contribution in [0.3, 0.4) is 0 Å². The van der Waals surface area contributed by atoms with Crippen LogP contribution in [0.5, 0.6) is 0 Å². The molecular weight excluding hydrogens is 262 g/mol. The minimum Gasteiger partial charge on any atom is -0.391 e. The van der Waals surface area contributed by atoms with E-state index in [0.717, 1.165) is 15.0 Å².